The maximum Gasteiger partial charge on any atom is 0.390 e. The Labute approximate surface area is 77.1 Å². The Kier molecular flexibility index (Phi) is 5.32. The first kappa shape index (κ1) is 12.7. The molecule has 0 saturated carbocycles. The van der Waals surface area contributed by atoms with Crippen LogP contribution in [0, 0.1) is 0 Å². The quantitative estimate of drug-likeness (QED) is 0.673. The summed E-state index contributed by atoms with van der Waals surface area (Å²) in [5.41, 5.74) is 0. The van der Waals surface area contributed by atoms with Crippen LogP contribution in [-0.2, 0) is 0 Å². The van der Waals surface area contributed by atoms with Gasteiger partial charge in [-0.05, 0) is 21.0 Å². The number of hydrogen-bond donors (Lipinski definition) is 1. The Hall–Kier alpha value is -0.290. The molecule has 0 aliphatic rings. The summed E-state index contributed by atoms with van der Waals surface area (Å²) >= 11 is 0. The molecule has 0 rings (SSSR count). The Bertz CT molecular complexity index is 134. The number of likely N-dealkylation sites (N-methyl/N-ethyl adjacent to an activating group) is 1. The van der Waals surface area contributed by atoms with Crippen molar-refractivity contribution in [3.05, 3.63) is 0 Å². The van der Waals surface area contributed by atoms with Crippen LogP contribution in [0.4, 0.5) is 13.2 Å². The molecule has 0 fully saturated rings. The number of alkyl halides is 3. The predicted molar refractivity (Wildman–Crippen MR) is 46.7 cm³/mol. The highest BCUT2D eigenvalue weighted by molar-refractivity contribution is 4.63. The van der Waals surface area contributed by atoms with Crippen LogP contribution in [0.2, 0.25) is 0 Å². The molecule has 0 aromatic carbocycles. The van der Waals surface area contributed by atoms with E-state index >= 15 is 0 Å². The Morgan fingerprint density at radius 2 is 1.85 bits per heavy atom. The molecule has 0 radical (unpaired) electrons. The molecule has 1 atom stereocenters. The molecule has 80 valence electrons. The van der Waals surface area contributed by atoms with Crippen LogP contribution in [0.5, 0.6) is 0 Å². The lowest BCUT2D eigenvalue weighted by molar-refractivity contribution is -0.133. The second kappa shape index (κ2) is 5.44. The summed E-state index contributed by atoms with van der Waals surface area (Å²) in [4.78, 5) is 1.96. The summed E-state index contributed by atoms with van der Waals surface area (Å²) in [6, 6.07) is 0.258. The third-order valence-electron chi connectivity index (χ3n) is 1.91. The van der Waals surface area contributed by atoms with Crippen molar-refractivity contribution >= 4 is 0 Å². The van der Waals surface area contributed by atoms with Crippen LogP contribution in [0.15, 0.2) is 0 Å². The molecule has 0 aliphatic carbocycles. The van der Waals surface area contributed by atoms with Gasteiger partial charge in [-0.2, -0.15) is 13.2 Å². The highest BCUT2D eigenvalue weighted by Crippen LogP contribution is 2.17. The molecule has 1 unspecified atom stereocenters. The van der Waals surface area contributed by atoms with Gasteiger partial charge >= 0.3 is 6.18 Å². The molecule has 0 spiro atoms. The third-order valence-corrected chi connectivity index (χ3v) is 1.91. The number of hydrogen-bond acceptors (Lipinski definition) is 2. The zero-order chi connectivity index (χ0) is 10.5. The minimum absolute atomic E-state index is 0.00167. The van der Waals surface area contributed by atoms with Gasteiger partial charge < -0.3 is 10.2 Å². The van der Waals surface area contributed by atoms with E-state index in [1.807, 2.05) is 25.9 Å². The molecule has 13 heavy (non-hydrogen) atoms. The van der Waals surface area contributed by atoms with Crippen molar-refractivity contribution in [2.45, 2.75) is 25.6 Å². The molecule has 0 bridgehead atoms. The van der Waals surface area contributed by atoms with Crippen molar-refractivity contribution in [1.82, 2.24) is 10.2 Å². The van der Waals surface area contributed by atoms with Crippen molar-refractivity contribution < 1.29 is 13.2 Å². The lowest BCUT2D eigenvalue weighted by atomic mass is 10.3. The molecule has 1 N–H and O–H groups in total. The molecule has 2 nitrogen and oxygen atoms in total. The van der Waals surface area contributed by atoms with E-state index in [4.69, 9.17) is 0 Å². The normalized spacial score (nSPS) is 15.0. The molecular formula is C8H17F3N2. The minimum Gasteiger partial charge on any atom is -0.315 e. The average Bonchev–Trinajstić information content (AvgIpc) is 1.95. The molecule has 0 aromatic heterocycles. The SMILES string of the molecule is CC(CNCCC(F)(F)F)N(C)C. The van der Waals surface area contributed by atoms with Crippen molar-refractivity contribution in [2.75, 3.05) is 27.2 Å². The van der Waals surface area contributed by atoms with Gasteiger partial charge in [-0.1, -0.05) is 0 Å². The van der Waals surface area contributed by atoms with Crippen LogP contribution in [-0.4, -0.2) is 44.3 Å². The summed E-state index contributed by atoms with van der Waals surface area (Å²) in [6.45, 7) is 2.55. The lowest BCUT2D eigenvalue weighted by Gasteiger charge is -2.20. The first-order valence-corrected chi connectivity index (χ1v) is 4.27. The topological polar surface area (TPSA) is 15.3 Å². The fourth-order valence-electron chi connectivity index (χ4n) is 0.724. The van der Waals surface area contributed by atoms with Crippen LogP contribution >= 0.6 is 0 Å². The largest absolute Gasteiger partial charge is 0.390 e. The van der Waals surface area contributed by atoms with E-state index in [1.165, 1.54) is 0 Å². The van der Waals surface area contributed by atoms with E-state index in [2.05, 4.69) is 5.32 Å². The summed E-state index contributed by atoms with van der Waals surface area (Å²) in [7, 11) is 3.80. The second-order valence-corrected chi connectivity index (χ2v) is 3.38. The summed E-state index contributed by atoms with van der Waals surface area (Å²) < 4.78 is 35.1. The highest BCUT2D eigenvalue weighted by atomic mass is 19.4. The van der Waals surface area contributed by atoms with Gasteiger partial charge in [0.1, 0.15) is 0 Å². The number of halogens is 3. The first-order chi connectivity index (χ1) is 5.83. The Morgan fingerprint density at radius 1 is 1.31 bits per heavy atom. The molecule has 0 aliphatic heterocycles. The number of nitrogens with zero attached hydrogens (tertiary/aromatic N) is 1. The average molecular weight is 198 g/mol. The van der Waals surface area contributed by atoms with E-state index in [0.717, 1.165) is 0 Å². The highest BCUT2D eigenvalue weighted by Gasteiger charge is 2.25. The molecule has 0 amide bonds. The minimum atomic E-state index is -4.05. The summed E-state index contributed by atoms with van der Waals surface area (Å²) in [5, 5.41) is 2.76. The van der Waals surface area contributed by atoms with Gasteiger partial charge in [0.15, 0.2) is 0 Å². The van der Waals surface area contributed by atoms with E-state index in [0.29, 0.717) is 6.54 Å². The number of nitrogens with one attached hydrogen (secondary N) is 1. The third kappa shape index (κ3) is 8.05. The maximum atomic E-state index is 11.7. The zero-order valence-electron chi connectivity index (χ0n) is 8.28. The Balaban J connectivity index is 3.36. The van der Waals surface area contributed by atoms with Gasteiger partial charge in [0, 0.05) is 19.1 Å². The van der Waals surface area contributed by atoms with Gasteiger partial charge in [0.25, 0.3) is 0 Å². The van der Waals surface area contributed by atoms with Crippen molar-refractivity contribution in [1.29, 1.82) is 0 Å². The van der Waals surface area contributed by atoms with Gasteiger partial charge in [-0.3, -0.25) is 0 Å². The van der Waals surface area contributed by atoms with E-state index in [1.54, 1.807) is 0 Å². The smallest absolute Gasteiger partial charge is 0.315 e. The van der Waals surface area contributed by atoms with E-state index in [-0.39, 0.29) is 12.6 Å². The van der Waals surface area contributed by atoms with Crippen LogP contribution in [0.3, 0.4) is 0 Å². The van der Waals surface area contributed by atoms with Crippen LogP contribution < -0.4 is 5.32 Å². The van der Waals surface area contributed by atoms with Crippen molar-refractivity contribution in [2.24, 2.45) is 0 Å². The number of rotatable bonds is 5. The summed E-state index contributed by atoms with van der Waals surface area (Å²) in [5.74, 6) is 0. The van der Waals surface area contributed by atoms with Gasteiger partial charge in [0.05, 0.1) is 6.42 Å². The van der Waals surface area contributed by atoms with Gasteiger partial charge in [-0.15, -0.1) is 0 Å². The van der Waals surface area contributed by atoms with Gasteiger partial charge in [-0.25, -0.2) is 0 Å². The standard InChI is InChI=1S/C8H17F3N2/c1-7(13(2)3)6-12-5-4-8(9,10)11/h7,12H,4-6H2,1-3H3. The van der Waals surface area contributed by atoms with Crippen LogP contribution in [0.25, 0.3) is 0 Å². The fraction of sp³-hybridized carbons (Fsp3) is 1.00. The van der Waals surface area contributed by atoms with E-state index in [9.17, 15) is 13.2 Å². The van der Waals surface area contributed by atoms with Crippen molar-refractivity contribution in [3.63, 3.8) is 0 Å². The predicted octanol–water partition coefficient (Wildman–Crippen LogP) is 1.48. The van der Waals surface area contributed by atoms with Crippen molar-refractivity contribution in [3.8, 4) is 0 Å². The Morgan fingerprint density at radius 3 is 2.23 bits per heavy atom. The molecule has 5 heteroatoms. The summed E-state index contributed by atoms with van der Waals surface area (Å²) in [6.07, 6.45) is -4.80. The van der Waals surface area contributed by atoms with E-state index < -0.39 is 12.6 Å². The zero-order valence-corrected chi connectivity index (χ0v) is 8.28. The lowest BCUT2D eigenvalue weighted by Crippen LogP contribution is -2.36. The van der Waals surface area contributed by atoms with Gasteiger partial charge in [0.2, 0.25) is 0 Å². The molecule has 0 heterocycles. The monoisotopic (exact) mass is 198 g/mol. The maximum absolute atomic E-state index is 11.7. The fourth-order valence-corrected chi connectivity index (χ4v) is 0.724. The second-order valence-electron chi connectivity index (χ2n) is 3.38. The molecular weight excluding hydrogens is 181 g/mol. The molecule has 0 aromatic rings. The molecule has 0 saturated heterocycles. The van der Waals surface area contributed by atoms with Crippen LogP contribution in [0.1, 0.15) is 13.3 Å². The first-order valence-electron chi connectivity index (χ1n) is 4.27.